The third-order valence-electron chi connectivity index (χ3n) is 3.59. The summed E-state index contributed by atoms with van der Waals surface area (Å²) < 4.78 is 1.76. The summed E-state index contributed by atoms with van der Waals surface area (Å²) in [7, 11) is 3.58. The molecule has 0 fully saturated rings. The first-order valence-corrected chi connectivity index (χ1v) is 6.38. The average Bonchev–Trinajstić information content (AvgIpc) is 2.95. The number of likely N-dealkylation sites (N-methyl/N-ethyl adjacent to an activating group) is 1. The van der Waals surface area contributed by atoms with Gasteiger partial charge in [-0.3, -0.25) is 9.59 Å². The summed E-state index contributed by atoms with van der Waals surface area (Å²) in [5, 5.41) is 2.85. The van der Waals surface area contributed by atoms with Gasteiger partial charge in [0.2, 0.25) is 5.91 Å². The Morgan fingerprint density at radius 2 is 2.05 bits per heavy atom. The quantitative estimate of drug-likeness (QED) is 0.903. The van der Waals surface area contributed by atoms with Crippen molar-refractivity contribution in [2.45, 2.75) is 6.42 Å². The lowest BCUT2D eigenvalue weighted by Gasteiger charge is -2.11. The molecule has 1 aliphatic rings. The molecule has 0 aliphatic carbocycles. The van der Waals surface area contributed by atoms with Crippen LogP contribution in [-0.4, -0.2) is 23.4 Å². The fourth-order valence-electron chi connectivity index (χ4n) is 2.44. The molecule has 1 aromatic heterocycles. The molecule has 2 aromatic rings. The lowest BCUT2D eigenvalue weighted by atomic mass is 10.1. The summed E-state index contributed by atoms with van der Waals surface area (Å²) in [6, 6.07) is 9.12. The number of aryl methyl sites for hydroxylation is 1. The molecule has 0 bridgehead atoms. The van der Waals surface area contributed by atoms with E-state index in [2.05, 4.69) is 5.32 Å². The molecule has 0 atom stereocenters. The minimum atomic E-state index is -0.157. The van der Waals surface area contributed by atoms with Crippen LogP contribution in [0.15, 0.2) is 36.5 Å². The van der Waals surface area contributed by atoms with Crippen molar-refractivity contribution in [2.24, 2.45) is 7.05 Å². The van der Waals surface area contributed by atoms with Gasteiger partial charge >= 0.3 is 0 Å². The number of fused-ring (bicyclic) bond motifs is 1. The van der Waals surface area contributed by atoms with Gasteiger partial charge in [-0.15, -0.1) is 0 Å². The first-order chi connectivity index (χ1) is 9.56. The lowest BCUT2D eigenvalue weighted by Crippen LogP contribution is -2.20. The molecule has 0 saturated carbocycles. The summed E-state index contributed by atoms with van der Waals surface area (Å²) in [4.78, 5) is 25.4. The highest BCUT2D eigenvalue weighted by Crippen LogP contribution is 2.30. The Kier molecular flexibility index (Phi) is 2.82. The van der Waals surface area contributed by atoms with Crippen LogP contribution in [0.4, 0.5) is 11.4 Å². The zero-order chi connectivity index (χ0) is 14.3. The van der Waals surface area contributed by atoms with E-state index in [1.807, 2.05) is 37.5 Å². The molecule has 2 heterocycles. The zero-order valence-corrected chi connectivity index (χ0v) is 11.4. The highest BCUT2D eigenvalue weighted by atomic mass is 16.2. The molecule has 3 rings (SSSR count). The van der Waals surface area contributed by atoms with E-state index in [1.165, 1.54) is 0 Å². The molecular weight excluding hydrogens is 254 g/mol. The summed E-state index contributed by atoms with van der Waals surface area (Å²) >= 11 is 0. The van der Waals surface area contributed by atoms with Gasteiger partial charge in [-0.1, -0.05) is 0 Å². The van der Waals surface area contributed by atoms with E-state index in [0.717, 1.165) is 11.3 Å². The van der Waals surface area contributed by atoms with E-state index in [4.69, 9.17) is 0 Å². The molecule has 1 aliphatic heterocycles. The number of rotatable bonds is 2. The van der Waals surface area contributed by atoms with Gasteiger partial charge in [0, 0.05) is 31.7 Å². The van der Waals surface area contributed by atoms with E-state index in [0.29, 0.717) is 17.8 Å². The van der Waals surface area contributed by atoms with Crippen LogP contribution in [0.25, 0.3) is 0 Å². The predicted molar refractivity (Wildman–Crippen MR) is 76.9 cm³/mol. The van der Waals surface area contributed by atoms with Gasteiger partial charge in [-0.2, -0.15) is 0 Å². The van der Waals surface area contributed by atoms with Crippen molar-refractivity contribution in [3.8, 4) is 0 Å². The number of amides is 2. The van der Waals surface area contributed by atoms with Gasteiger partial charge < -0.3 is 14.8 Å². The molecule has 0 spiro atoms. The largest absolute Gasteiger partial charge is 0.347 e. The number of hydrogen-bond donors (Lipinski definition) is 1. The Bertz CT molecular complexity index is 703. The van der Waals surface area contributed by atoms with Crippen LogP contribution in [0, 0.1) is 0 Å². The Labute approximate surface area is 116 Å². The van der Waals surface area contributed by atoms with Crippen LogP contribution in [-0.2, 0) is 18.3 Å². The maximum Gasteiger partial charge on any atom is 0.272 e. The lowest BCUT2D eigenvalue weighted by molar-refractivity contribution is -0.117. The van der Waals surface area contributed by atoms with Crippen molar-refractivity contribution >= 4 is 23.2 Å². The monoisotopic (exact) mass is 269 g/mol. The van der Waals surface area contributed by atoms with Crippen LogP contribution in [0.2, 0.25) is 0 Å². The van der Waals surface area contributed by atoms with Gasteiger partial charge in [-0.25, -0.2) is 0 Å². The maximum absolute atomic E-state index is 12.1. The molecule has 0 radical (unpaired) electrons. The predicted octanol–water partition coefficient (Wildman–Crippen LogP) is 1.80. The SMILES string of the molecule is CN1C(=O)Cc2cc(NC(=O)c3cccn3C)ccc21. The van der Waals surface area contributed by atoms with Crippen LogP contribution < -0.4 is 10.2 Å². The maximum atomic E-state index is 12.1. The summed E-state index contributed by atoms with van der Waals surface area (Å²) in [5.41, 5.74) is 3.16. The van der Waals surface area contributed by atoms with Crippen LogP contribution in [0.3, 0.4) is 0 Å². The highest BCUT2D eigenvalue weighted by molar-refractivity contribution is 6.05. The van der Waals surface area contributed by atoms with Gasteiger partial charge in [0.25, 0.3) is 5.91 Å². The number of anilines is 2. The minimum Gasteiger partial charge on any atom is -0.347 e. The number of carbonyl (C=O) groups is 2. The van der Waals surface area contributed by atoms with Crippen molar-refractivity contribution in [1.29, 1.82) is 0 Å². The molecule has 0 unspecified atom stereocenters. The van der Waals surface area contributed by atoms with Gasteiger partial charge in [0.1, 0.15) is 5.69 Å². The third-order valence-corrected chi connectivity index (χ3v) is 3.59. The summed E-state index contributed by atoms with van der Waals surface area (Å²) in [5.74, 6) is -0.0824. The second-order valence-electron chi connectivity index (χ2n) is 4.93. The van der Waals surface area contributed by atoms with Crippen molar-refractivity contribution in [3.05, 3.63) is 47.8 Å². The molecule has 2 amide bonds. The van der Waals surface area contributed by atoms with Gasteiger partial charge in [0.15, 0.2) is 0 Å². The van der Waals surface area contributed by atoms with Crippen molar-refractivity contribution in [1.82, 2.24) is 4.57 Å². The fourth-order valence-corrected chi connectivity index (χ4v) is 2.44. The van der Waals surface area contributed by atoms with E-state index in [-0.39, 0.29) is 11.8 Å². The van der Waals surface area contributed by atoms with E-state index >= 15 is 0 Å². The van der Waals surface area contributed by atoms with Crippen LogP contribution >= 0.6 is 0 Å². The fraction of sp³-hybridized carbons (Fsp3) is 0.200. The van der Waals surface area contributed by atoms with Gasteiger partial charge in [0.05, 0.1) is 6.42 Å². The Morgan fingerprint density at radius 1 is 1.25 bits per heavy atom. The Morgan fingerprint density at radius 3 is 2.75 bits per heavy atom. The summed E-state index contributed by atoms with van der Waals surface area (Å²) in [6.45, 7) is 0. The zero-order valence-electron chi connectivity index (χ0n) is 11.4. The van der Waals surface area contributed by atoms with Crippen molar-refractivity contribution in [3.63, 3.8) is 0 Å². The number of carbonyl (C=O) groups excluding carboxylic acids is 2. The molecular formula is C15H15N3O2. The topological polar surface area (TPSA) is 54.3 Å². The average molecular weight is 269 g/mol. The first kappa shape index (κ1) is 12.5. The first-order valence-electron chi connectivity index (χ1n) is 6.38. The number of nitrogens with one attached hydrogen (secondary N) is 1. The molecule has 0 saturated heterocycles. The second-order valence-corrected chi connectivity index (χ2v) is 4.93. The molecule has 1 N–H and O–H groups in total. The van der Waals surface area contributed by atoms with Crippen LogP contribution in [0.1, 0.15) is 16.1 Å². The van der Waals surface area contributed by atoms with E-state index < -0.39 is 0 Å². The number of aromatic nitrogens is 1. The number of benzene rings is 1. The van der Waals surface area contributed by atoms with E-state index in [9.17, 15) is 9.59 Å². The van der Waals surface area contributed by atoms with Crippen LogP contribution in [0.5, 0.6) is 0 Å². The van der Waals surface area contributed by atoms with Crippen molar-refractivity contribution in [2.75, 3.05) is 17.3 Å². The molecule has 5 heteroatoms. The third kappa shape index (κ3) is 1.97. The Hall–Kier alpha value is -2.56. The molecule has 1 aromatic carbocycles. The molecule has 102 valence electrons. The molecule has 5 nitrogen and oxygen atoms in total. The Balaban J connectivity index is 1.83. The number of hydrogen-bond acceptors (Lipinski definition) is 2. The normalized spacial score (nSPS) is 13.5. The summed E-state index contributed by atoms with van der Waals surface area (Å²) in [6.07, 6.45) is 2.21. The smallest absolute Gasteiger partial charge is 0.272 e. The van der Waals surface area contributed by atoms with E-state index in [1.54, 1.807) is 22.6 Å². The van der Waals surface area contributed by atoms with Crippen molar-refractivity contribution < 1.29 is 9.59 Å². The van der Waals surface area contributed by atoms with Gasteiger partial charge in [-0.05, 0) is 35.9 Å². The second kappa shape index (κ2) is 4.52. The standard InChI is InChI=1S/C15H15N3O2/c1-17-7-3-4-13(17)15(20)16-11-5-6-12-10(8-11)9-14(19)18(12)2/h3-8H,9H2,1-2H3,(H,16,20). The number of nitrogens with zero attached hydrogens (tertiary/aromatic N) is 2. The highest BCUT2D eigenvalue weighted by Gasteiger charge is 2.24. The molecule has 20 heavy (non-hydrogen) atoms. The minimum absolute atomic E-state index is 0.0749.